The molecule has 9 nitrogen and oxygen atoms in total. The van der Waals surface area contributed by atoms with Crippen molar-refractivity contribution in [2.45, 2.75) is 51.5 Å². The van der Waals surface area contributed by atoms with Gasteiger partial charge in [0.05, 0.1) is 22.7 Å². The van der Waals surface area contributed by atoms with Crippen LogP contribution in [0, 0.1) is 18.3 Å². The average molecular weight is 469 g/mol. The molecule has 10 heteroatoms. The van der Waals surface area contributed by atoms with E-state index in [1.54, 1.807) is 22.6 Å². The Morgan fingerprint density at radius 3 is 2.67 bits per heavy atom. The number of carbonyl (C=O) groups is 2. The van der Waals surface area contributed by atoms with Gasteiger partial charge in [-0.1, -0.05) is 0 Å². The summed E-state index contributed by atoms with van der Waals surface area (Å²) in [6.45, 7) is 4.66. The highest BCUT2D eigenvalue weighted by Gasteiger charge is 2.56. The van der Waals surface area contributed by atoms with Crippen LogP contribution in [0.5, 0.6) is 0 Å². The number of aromatic nitrogens is 3. The second kappa shape index (κ2) is 8.02. The molecule has 3 saturated heterocycles. The van der Waals surface area contributed by atoms with Crippen LogP contribution in [0.3, 0.4) is 0 Å². The molecule has 0 radical (unpaired) electrons. The number of carbonyl (C=O) groups excluding carboxylic acids is 2. The lowest BCUT2D eigenvalue weighted by atomic mass is 9.95. The fourth-order valence-electron chi connectivity index (χ4n) is 5.29. The zero-order valence-corrected chi connectivity index (χ0v) is 19.6. The molecule has 1 atom stereocenters. The Hall–Kier alpha value is -2.59. The minimum absolute atomic E-state index is 0.0508. The first-order valence-corrected chi connectivity index (χ1v) is 12.7. The molecule has 0 aromatic carbocycles. The van der Waals surface area contributed by atoms with Crippen molar-refractivity contribution in [1.82, 2.24) is 20.0 Å². The van der Waals surface area contributed by atoms with E-state index in [9.17, 15) is 9.59 Å². The molecule has 6 rings (SSSR count). The minimum atomic E-state index is -0.101. The summed E-state index contributed by atoms with van der Waals surface area (Å²) in [6, 6.07) is 1.73. The number of nitrogens with zero attached hydrogens (tertiary/aromatic N) is 6. The maximum absolute atomic E-state index is 13.2. The zero-order valence-electron chi connectivity index (χ0n) is 18.8. The van der Waals surface area contributed by atoms with Crippen LogP contribution < -0.4 is 9.80 Å². The van der Waals surface area contributed by atoms with Crippen LogP contribution in [0.1, 0.15) is 55.3 Å². The fraction of sp³-hybridized carbons (Fsp3) is 0.609. The van der Waals surface area contributed by atoms with Gasteiger partial charge in [-0.05, 0) is 45.1 Å². The number of thiazole rings is 1. The lowest BCUT2D eigenvalue weighted by Gasteiger charge is -2.34. The van der Waals surface area contributed by atoms with Crippen molar-refractivity contribution in [2.24, 2.45) is 11.3 Å². The molecule has 5 heterocycles. The summed E-state index contributed by atoms with van der Waals surface area (Å²) in [5, 5.41) is 4.60. The molecule has 2 amide bonds. The smallest absolute Gasteiger partial charge is 0.250 e. The maximum Gasteiger partial charge on any atom is 0.250 e. The van der Waals surface area contributed by atoms with Crippen molar-refractivity contribution in [3.05, 3.63) is 28.3 Å². The van der Waals surface area contributed by atoms with Gasteiger partial charge in [-0.3, -0.25) is 19.3 Å². The summed E-state index contributed by atoms with van der Waals surface area (Å²) in [5.74, 6) is 1.51. The number of aryl methyl sites for hydroxylation is 1. The summed E-state index contributed by atoms with van der Waals surface area (Å²) >= 11 is 1.60. The molecule has 1 aliphatic carbocycles. The fourth-order valence-corrected chi connectivity index (χ4v) is 5.95. The average Bonchev–Trinajstić information content (AvgIpc) is 3.13. The zero-order chi connectivity index (χ0) is 22.6. The largest absolute Gasteiger partial charge is 0.341 e. The number of amides is 2. The molecule has 33 heavy (non-hydrogen) atoms. The third kappa shape index (κ3) is 3.69. The van der Waals surface area contributed by atoms with E-state index >= 15 is 0 Å². The Bertz CT molecular complexity index is 1080. The summed E-state index contributed by atoms with van der Waals surface area (Å²) in [7, 11) is 0. The first-order valence-electron chi connectivity index (χ1n) is 11.8. The SMILES string of the molecule is Cc1nc([C@@H]2CCON2C(=O)C2CCN(c3nccc(N4CCC5(CC5)C4=O)n3)CC2)cs1. The number of hydrogen-bond donors (Lipinski definition) is 0. The molecule has 2 aromatic heterocycles. The van der Waals surface area contributed by atoms with Gasteiger partial charge in [0.15, 0.2) is 0 Å². The highest BCUT2D eigenvalue weighted by atomic mass is 32.1. The van der Waals surface area contributed by atoms with Gasteiger partial charge >= 0.3 is 0 Å². The summed E-state index contributed by atoms with van der Waals surface area (Å²) in [5.41, 5.74) is 0.826. The van der Waals surface area contributed by atoms with Crippen LogP contribution in [0.4, 0.5) is 11.8 Å². The number of anilines is 2. The highest BCUT2D eigenvalue weighted by molar-refractivity contribution is 7.09. The molecule has 4 aliphatic rings. The van der Waals surface area contributed by atoms with Crippen LogP contribution in [-0.2, 0) is 14.4 Å². The van der Waals surface area contributed by atoms with Crippen LogP contribution in [0.15, 0.2) is 17.6 Å². The van der Waals surface area contributed by atoms with Crippen molar-refractivity contribution in [2.75, 3.05) is 36.0 Å². The Kier molecular flexibility index (Phi) is 5.10. The third-order valence-corrected chi connectivity index (χ3v) is 8.29. The normalized spacial score (nSPS) is 24.8. The van der Waals surface area contributed by atoms with Gasteiger partial charge in [0.25, 0.3) is 0 Å². The summed E-state index contributed by atoms with van der Waals surface area (Å²) in [6.07, 6.45) is 6.90. The summed E-state index contributed by atoms with van der Waals surface area (Å²) < 4.78 is 0. The van der Waals surface area contributed by atoms with Gasteiger partial charge in [0, 0.05) is 43.5 Å². The lowest BCUT2D eigenvalue weighted by Crippen LogP contribution is -2.42. The first-order chi connectivity index (χ1) is 16.0. The van der Waals surface area contributed by atoms with Crippen LogP contribution in [0.25, 0.3) is 0 Å². The molecular weight excluding hydrogens is 440 g/mol. The van der Waals surface area contributed by atoms with E-state index in [1.165, 1.54) is 0 Å². The van der Waals surface area contributed by atoms with Crippen molar-refractivity contribution in [3.63, 3.8) is 0 Å². The monoisotopic (exact) mass is 468 g/mol. The van der Waals surface area contributed by atoms with E-state index < -0.39 is 0 Å². The van der Waals surface area contributed by atoms with Crippen molar-refractivity contribution in [3.8, 4) is 0 Å². The second-order valence-electron chi connectivity index (χ2n) is 9.56. The Morgan fingerprint density at radius 1 is 1.15 bits per heavy atom. The predicted molar refractivity (Wildman–Crippen MR) is 123 cm³/mol. The van der Waals surface area contributed by atoms with Crippen molar-refractivity contribution in [1.29, 1.82) is 0 Å². The molecule has 3 aliphatic heterocycles. The van der Waals surface area contributed by atoms with Gasteiger partial charge in [-0.2, -0.15) is 4.98 Å². The van der Waals surface area contributed by atoms with Crippen LogP contribution in [0.2, 0.25) is 0 Å². The maximum atomic E-state index is 13.2. The van der Waals surface area contributed by atoms with E-state index in [0.717, 1.165) is 55.8 Å². The highest BCUT2D eigenvalue weighted by Crippen LogP contribution is 2.54. The molecular formula is C23H28N6O3S. The third-order valence-electron chi connectivity index (χ3n) is 7.50. The number of piperidine rings is 1. The molecule has 0 unspecified atom stereocenters. The molecule has 4 fully saturated rings. The van der Waals surface area contributed by atoms with E-state index in [2.05, 4.69) is 14.9 Å². The van der Waals surface area contributed by atoms with Gasteiger partial charge in [-0.25, -0.2) is 15.0 Å². The van der Waals surface area contributed by atoms with Crippen molar-refractivity contribution < 1.29 is 14.4 Å². The standard InChI is InChI=1S/C23H28N6O3S/c1-15-25-17(14-33-15)18-5-13-32-29(18)20(30)16-3-10-27(11-4-16)22-24-9-2-19(26-22)28-12-8-23(6-7-23)21(28)31/h2,9,14,16,18H,3-8,10-13H2,1H3/t18-/m0/s1. The molecule has 1 spiro atoms. The number of rotatable bonds is 4. The van der Waals surface area contributed by atoms with Gasteiger partial charge in [0.1, 0.15) is 11.9 Å². The quantitative estimate of drug-likeness (QED) is 0.681. The Balaban J connectivity index is 1.10. The molecule has 1 saturated carbocycles. The molecule has 174 valence electrons. The number of hydrogen-bond acceptors (Lipinski definition) is 8. The molecule has 0 N–H and O–H groups in total. The Labute approximate surface area is 196 Å². The lowest BCUT2D eigenvalue weighted by molar-refractivity contribution is -0.182. The number of hydroxylamine groups is 2. The summed E-state index contributed by atoms with van der Waals surface area (Å²) in [4.78, 5) is 49.4. The van der Waals surface area contributed by atoms with Crippen LogP contribution in [-0.4, -0.2) is 58.1 Å². The second-order valence-corrected chi connectivity index (χ2v) is 10.6. The molecule has 2 aromatic rings. The van der Waals surface area contributed by atoms with Crippen LogP contribution >= 0.6 is 11.3 Å². The minimum Gasteiger partial charge on any atom is -0.341 e. The van der Waals surface area contributed by atoms with Gasteiger partial charge < -0.3 is 4.90 Å². The predicted octanol–water partition coefficient (Wildman–Crippen LogP) is 2.88. The Morgan fingerprint density at radius 2 is 1.97 bits per heavy atom. The van der Waals surface area contributed by atoms with E-state index in [-0.39, 0.29) is 29.2 Å². The topological polar surface area (TPSA) is 91.8 Å². The molecule has 0 bridgehead atoms. The van der Waals surface area contributed by atoms with E-state index in [4.69, 9.17) is 9.82 Å². The van der Waals surface area contributed by atoms with E-state index in [0.29, 0.717) is 31.5 Å². The van der Waals surface area contributed by atoms with Crippen molar-refractivity contribution >= 4 is 34.9 Å². The first kappa shape index (κ1) is 21.0. The van der Waals surface area contributed by atoms with Gasteiger partial charge in [-0.15, -0.1) is 11.3 Å². The van der Waals surface area contributed by atoms with Gasteiger partial charge in [0.2, 0.25) is 17.8 Å². The van der Waals surface area contributed by atoms with E-state index in [1.807, 2.05) is 23.3 Å².